The summed E-state index contributed by atoms with van der Waals surface area (Å²) >= 11 is 5.67. The third-order valence-electron chi connectivity index (χ3n) is 1.48. The number of imidazole rings is 1. The molecule has 0 unspecified atom stereocenters. The summed E-state index contributed by atoms with van der Waals surface area (Å²) in [7, 11) is 0. The number of hydrogen-bond donors (Lipinski definition) is 3. The predicted molar refractivity (Wildman–Crippen MR) is 46.1 cm³/mol. The third kappa shape index (κ3) is 0.947. The van der Waals surface area contributed by atoms with E-state index in [9.17, 15) is 4.79 Å². The van der Waals surface area contributed by atoms with Crippen molar-refractivity contribution >= 4 is 28.6 Å². The van der Waals surface area contributed by atoms with Gasteiger partial charge in [0.05, 0.1) is 10.5 Å². The van der Waals surface area contributed by atoms with E-state index in [-0.39, 0.29) is 11.5 Å². The Bertz CT molecular complexity index is 444. The standard InChI is InChI=1S/C6H5ClN4O/c7-2-1-3-5(10-4(2)8)11-6(12)9-3/h1H,(H4,8,9,10,11,12). The summed E-state index contributed by atoms with van der Waals surface area (Å²) in [6.45, 7) is 0. The number of rotatable bonds is 0. The molecule has 6 heteroatoms. The van der Waals surface area contributed by atoms with Crippen LogP contribution in [-0.4, -0.2) is 15.0 Å². The second kappa shape index (κ2) is 2.25. The first-order valence-corrected chi connectivity index (χ1v) is 3.58. The third-order valence-corrected chi connectivity index (χ3v) is 1.79. The Morgan fingerprint density at radius 1 is 1.50 bits per heavy atom. The molecular weight excluding hydrogens is 180 g/mol. The predicted octanol–water partition coefficient (Wildman–Crippen LogP) is 0.487. The topological polar surface area (TPSA) is 87.6 Å². The van der Waals surface area contributed by atoms with E-state index in [1.807, 2.05) is 0 Å². The zero-order chi connectivity index (χ0) is 8.72. The van der Waals surface area contributed by atoms with Gasteiger partial charge in [-0.1, -0.05) is 11.6 Å². The molecule has 0 spiro atoms. The molecule has 12 heavy (non-hydrogen) atoms. The molecule has 0 saturated carbocycles. The van der Waals surface area contributed by atoms with Crippen LogP contribution in [0.3, 0.4) is 0 Å². The Kier molecular flexibility index (Phi) is 1.34. The quantitative estimate of drug-likeness (QED) is 0.557. The first-order valence-electron chi connectivity index (χ1n) is 3.21. The molecular formula is C6H5ClN4O. The molecule has 0 amide bonds. The number of fused-ring (bicyclic) bond motifs is 1. The summed E-state index contributed by atoms with van der Waals surface area (Å²) in [5.74, 6) is 0.208. The number of halogens is 1. The van der Waals surface area contributed by atoms with Crippen LogP contribution in [0.5, 0.6) is 0 Å². The smallest absolute Gasteiger partial charge is 0.325 e. The molecule has 0 aliphatic carbocycles. The van der Waals surface area contributed by atoms with Gasteiger partial charge in [0.15, 0.2) is 5.65 Å². The van der Waals surface area contributed by atoms with Gasteiger partial charge in [-0.05, 0) is 6.07 Å². The number of pyridine rings is 1. The average molecular weight is 185 g/mol. The molecule has 2 heterocycles. The monoisotopic (exact) mass is 184 g/mol. The van der Waals surface area contributed by atoms with E-state index in [4.69, 9.17) is 17.3 Å². The van der Waals surface area contributed by atoms with Gasteiger partial charge in [0.1, 0.15) is 5.82 Å². The van der Waals surface area contributed by atoms with Crippen molar-refractivity contribution in [2.45, 2.75) is 0 Å². The highest BCUT2D eigenvalue weighted by atomic mass is 35.5. The van der Waals surface area contributed by atoms with Crippen LogP contribution >= 0.6 is 11.6 Å². The number of nitrogens with one attached hydrogen (secondary N) is 2. The molecule has 5 nitrogen and oxygen atoms in total. The van der Waals surface area contributed by atoms with Gasteiger partial charge in [-0.15, -0.1) is 0 Å². The lowest BCUT2D eigenvalue weighted by Crippen LogP contribution is -1.99. The number of H-pyrrole nitrogens is 2. The molecule has 0 radical (unpaired) electrons. The van der Waals surface area contributed by atoms with Crippen LogP contribution < -0.4 is 11.4 Å². The molecule has 0 atom stereocenters. The van der Waals surface area contributed by atoms with Crippen molar-refractivity contribution in [3.05, 3.63) is 21.6 Å². The van der Waals surface area contributed by atoms with Gasteiger partial charge in [-0.3, -0.25) is 4.98 Å². The maximum atomic E-state index is 10.8. The van der Waals surface area contributed by atoms with Crippen LogP contribution in [0, 0.1) is 0 Å². The van der Waals surface area contributed by atoms with E-state index >= 15 is 0 Å². The van der Waals surface area contributed by atoms with Crippen LogP contribution in [0.15, 0.2) is 10.9 Å². The van der Waals surface area contributed by atoms with Crippen LogP contribution in [0.1, 0.15) is 0 Å². The Hall–Kier alpha value is -1.49. The number of aromatic nitrogens is 3. The number of nitrogens with zero attached hydrogens (tertiary/aromatic N) is 1. The van der Waals surface area contributed by atoms with Crippen molar-refractivity contribution < 1.29 is 0 Å². The van der Waals surface area contributed by atoms with Crippen molar-refractivity contribution in [2.24, 2.45) is 0 Å². The van der Waals surface area contributed by atoms with Crippen LogP contribution in [0.4, 0.5) is 5.82 Å². The second-order valence-electron chi connectivity index (χ2n) is 2.33. The average Bonchev–Trinajstić information content (AvgIpc) is 2.30. The van der Waals surface area contributed by atoms with Crippen molar-refractivity contribution in [1.29, 1.82) is 0 Å². The zero-order valence-corrected chi connectivity index (χ0v) is 6.64. The summed E-state index contributed by atoms with van der Waals surface area (Å²) < 4.78 is 0. The summed E-state index contributed by atoms with van der Waals surface area (Å²) in [4.78, 5) is 19.6. The normalized spacial score (nSPS) is 10.8. The van der Waals surface area contributed by atoms with E-state index < -0.39 is 0 Å². The minimum atomic E-state index is -0.320. The minimum Gasteiger partial charge on any atom is -0.382 e. The molecule has 0 fully saturated rings. The van der Waals surface area contributed by atoms with Gasteiger partial charge < -0.3 is 10.7 Å². The number of nitrogen functional groups attached to an aromatic ring is 1. The number of hydrogen-bond acceptors (Lipinski definition) is 3. The highest BCUT2D eigenvalue weighted by Gasteiger charge is 2.03. The first kappa shape index (κ1) is 7.17. The van der Waals surface area contributed by atoms with E-state index in [2.05, 4.69) is 15.0 Å². The Balaban J connectivity index is 2.92. The number of anilines is 1. The van der Waals surface area contributed by atoms with Crippen LogP contribution in [0.25, 0.3) is 11.2 Å². The zero-order valence-electron chi connectivity index (χ0n) is 5.89. The molecule has 0 saturated heterocycles. The van der Waals surface area contributed by atoms with E-state index in [0.717, 1.165) is 0 Å². The lowest BCUT2D eigenvalue weighted by Gasteiger charge is -1.94. The maximum absolute atomic E-state index is 10.8. The highest BCUT2D eigenvalue weighted by Crippen LogP contribution is 2.18. The summed E-state index contributed by atoms with van der Waals surface area (Å²) in [6, 6.07) is 1.55. The molecule has 62 valence electrons. The molecule has 0 bridgehead atoms. The lowest BCUT2D eigenvalue weighted by molar-refractivity contribution is 1.20. The van der Waals surface area contributed by atoms with Gasteiger partial charge in [0.2, 0.25) is 0 Å². The van der Waals surface area contributed by atoms with Crippen molar-refractivity contribution in [1.82, 2.24) is 15.0 Å². The summed E-state index contributed by atoms with van der Waals surface area (Å²) in [6.07, 6.45) is 0. The molecule has 0 aliphatic rings. The maximum Gasteiger partial charge on any atom is 0.325 e. The van der Waals surface area contributed by atoms with Crippen molar-refractivity contribution in [3.63, 3.8) is 0 Å². The van der Waals surface area contributed by atoms with Gasteiger partial charge >= 0.3 is 5.69 Å². The Morgan fingerprint density at radius 2 is 2.25 bits per heavy atom. The van der Waals surface area contributed by atoms with Gasteiger partial charge in [-0.2, -0.15) is 0 Å². The number of aromatic amines is 2. The summed E-state index contributed by atoms with van der Waals surface area (Å²) in [5.41, 5.74) is 6.07. The van der Waals surface area contributed by atoms with Gasteiger partial charge in [0, 0.05) is 0 Å². The molecule has 4 N–H and O–H groups in total. The fourth-order valence-corrected chi connectivity index (χ4v) is 1.11. The first-order chi connectivity index (χ1) is 5.66. The highest BCUT2D eigenvalue weighted by molar-refractivity contribution is 6.33. The molecule has 0 aromatic carbocycles. The van der Waals surface area contributed by atoms with Gasteiger partial charge in [-0.25, -0.2) is 9.78 Å². The van der Waals surface area contributed by atoms with Gasteiger partial charge in [0.25, 0.3) is 0 Å². The van der Waals surface area contributed by atoms with Crippen LogP contribution in [0.2, 0.25) is 5.02 Å². The lowest BCUT2D eigenvalue weighted by atomic mass is 10.4. The molecule has 2 rings (SSSR count). The van der Waals surface area contributed by atoms with E-state index in [0.29, 0.717) is 16.2 Å². The summed E-state index contributed by atoms with van der Waals surface area (Å²) in [5, 5.41) is 0.331. The fraction of sp³-hybridized carbons (Fsp3) is 0. The Morgan fingerprint density at radius 3 is 3.00 bits per heavy atom. The van der Waals surface area contributed by atoms with E-state index in [1.165, 1.54) is 0 Å². The fourth-order valence-electron chi connectivity index (χ4n) is 0.955. The second-order valence-corrected chi connectivity index (χ2v) is 2.74. The SMILES string of the molecule is Nc1nc2[nH]c(=O)[nH]c2cc1Cl. The number of nitrogens with two attached hydrogens (primary N) is 1. The van der Waals surface area contributed by atoms with Crippen molar-refractivity contribution in [3.8, 4) is 0 Å². The molecule has 2 aromatic rings. The Labute approximate surface area is 71.6 Å². The molecule has 2 aromatic heterocycles. The van der Waals surface area contributed by atoms with Crippen molar-refractivity contribution in [2.75, 3.05) is 5.73 Å². The van der Waals surface area contributed by atoms with Crippen LogP contribution in [-0.2, 0) is 0 Å². The van der Waals surface area contributed by atoms with E-state index in [1.54, 1.807) is 6.07 Å². The largest absolute Gasteiger partial charge is 0.382 e. The minimum absolute atomic E-state index is 0.208. The molecule has 0 aliphatic heterocycles.